The maximum atomic E-state index is 12.2. The molecule has 0 spiro atoms. The highest BCUT2D eigenvalue weighted by Gasteiger charge is 2.05. The number of nitrogens with zero attached hydrogens (tertiary/aromatic N) is 3. The van der Waals surface area contributed by atoms with E-state index in [-0.39, 0.29) is 5.78 Å². The van der Waals surface area contributed by atoms with E-state index < -0.39 is 0 Å². The SMILES string of the molecule is O=C(/C=C/c1ccc(OCc2cn(Cc3ccccc3Br)nn2)cc1)c1ccc(Br)cc1. The summed E-state index contributed by atoms with van der Waals surface area (Å²) in [5, 5.41) is 8.35. The molecule has 0 saturated carbocycles. The van der Waals surface area contributed by atoms with E-state index in [9.17, 15) is 4.79 Å². The zero-order valence-electron chi connectivity index (χ0n) is 17.0. The molecule has 0 saturated heterocycles. The lowest BCUT2D eigenvalue weighted by Gasteiger charge is -2.04. The third-order valence-corrected chi connectivity index (χ3v) is 6.00. The second kappa shape index (κ2) is 10.5. The Morgan fingerprint density at radius 2 is 1.72 bits per heavy atom. The van der Waals surface area contributed by atoms with E-state index in [0.717, 1.165) is 31.5 Å². The Morgan fingerprint density at radius 3 is 2.47 bits per heavy atom. The highest BCUT2D eigenvalue weighted by Crippen LogP contribution is 2.18. The van der Waals surface area contributed by atoms with Crippen molar-refractivity contribution >= 4 is 43.7 Å². The van der Waals surface area contributed by atoms with E-state index in [1.807, 2.05) is 66.9 Å². The van der Waals surface area contributed by atoms with Gasteiger partial charge in [-0.15, -0.1) is 5.10 Å². The number of rotatable bonds is 8. The third kappa shape index (κ3) is 6.02. The first kappa shape index (κ1) is 22.2. The molecule has 4 rings (SSSR count). The fraction of sp³-hybridized carbons (Fsp3) is 0.0800. The Labute approximate surface area is 203 Å². The lowest BCUT2D eigenvalue weighted by atomic mass is 10.1. The van der Waals surface area contributed by atoms with E-state index in [0.29, 0.717) is 18.7 Å². The summed E-state index contributed by atoms with van der Waals surface area (Å²) in [5.41, 5.74) is 3.45. The summed E-state index contributed by atoms with van der Waals surface area (Å²) < 4.78 is 9.59. The van der Waals surface area contributed by atoms with Crippen molar-refractivity contribution in [1.82, 2.24) is 15.0 Å². The maximum Gasteiger partial charge on any atom is 0.185 e. The molecule has 160 valence electrons. The Morgan fingerprint density at radius 1 is 0.969 bits per heavy atom. The number of hydrogen-bond donors (Lipinski definition) is 0. The Hall–Kier alpha value is -3.03. The second-order valence-electron chi connectivity index (χ2n) is 7.06. The van der Waals surface area contributed by atoms with E-state index in [4.69, 9.17) is 4.74 Å². The van der Waals surface area contributed by atoms with Crippen LogP contribution < -0.4 is 4.74 Å². The Kier molecular flexibility index (Phi) is 7.29. The molecule has 1 aromatic heterocycles. The Balaban J connectivity index is 1.30. The van der Waals surface area contributed by atoms with Crippen LogP contribution >= 0.6 is 31.9 Å². The van der Waals surface area contributed by atoms with Crippen LogP contribution in [0.4, 0.5) is 0 Å². The molecule has 0 radical (unpaired) electrons. The van der Waals surface area contributed by atoms with Gasteiger partial charge in [-0.3, -0.25) is 4.79 Å². The molecule has 0 amide bonds. The van der Waals surface area contributed by atoms with Crippen molar-refractivity contribution < 1.29 is 9.53 Å². The summed E-state index contributed by atoms with van der Waals surface area (Å²) in [6, 6.07) is 22.9. The number of benzene rings is 3. The first-order valence-corrected chi connectivity index (χ1v) is 11.5. The van der Waals surface area contributed by atoms with Crippen LogP contribution in [0, 0.1) is 0 Å². The zero-order chi connectivity index (χ0) is 22.3. The number of allylic oxidation sites excluding steroid dienone is 1. The lowest BCUT2D eigenvalue weighted by molar-refractivity contribution is 0.104. The summed E-state index contributed by atoms with van der Waals surface area (Å²) >= 11 is 6.92. The van der Waals surface area contributed by atoms with Gasteiger partial charge in [0.05, 0.1) is 12.7 Å². The van der Waals surface area contributed by atoms with Gasteiger partial charge in [0.25, 0.3) is 0 Å². The van der Waals surface area contributed by atoms with Gasteiger partial charge >= 0.3 is 0 Å². The van der Waals surface area contributed by atoms with Gasteiger partial charge < -0.3 is 4.74 Å². The van der Waals surface area contributed by atoms with E-state index in [2.05, 4.69) is 42.2 Å². The van der Waals surface area contributed by atoms with Gasteiger partial charge in [0.2, 0.25) is 0 Å². The summed E-state index contributed by atoms with van der Waals surface area (Å²) in [5.74, 6) is 0.685. The number of aromatic nitrogens is 3. The molecule has 0 fully saturated rings. The average molecular weight is 553 g/mol. The molecule has 0 unspecified atom stereocenters. The van der Waals surface area contributed by atoms with Crippen LogP contribution in [0.15, 0.2) is 94.0 Å². The van der Waals surface area contributed by atoms with Crippen molar-refractivity contribution in [2.24, 2.45) is 0 Å². The van der Waals surface area contributed by atoms with Gasteiger partial charge in [0.15, 0.2) is 5.78 Å². The van der Waals surface area contributed by atoms with E-state index in [1.54, 1.807) is 29.0 Å². The molecule has 0 N–H and O–H groups in total. The van der Waals surface area contributed by atoms with Crippen LogP contribution in [0.25, 0.3) is 6.08 Å². The molecule has 0 bridgehead atoms. The van der Waals surface area contributed by atoms with Gasteiger partial charge in [-0.1, -0.05) is 73.5 Å². The standard InChI is InChI=1S/C25H19Br2N3O2/c26-21-10-8-19(9-11-21)25(31)14-7-18-5-12-23(13-6-18)32-17-22-16-30(29-28-22)15-20-3-1-2-4-24(20)27/h1-14,16H,15,17H2/b14-7+. The summed E-state index contributed by atoms with van der Waals surface area (Å²) in [7, 11) is 0. The Bertz CT molecular complexity index is 1230. The monoisotopic (exact) mass is 551 g/mol. The van der Waals surface area contributed by atoms with Crippen LogP contribution in [0.3, 0.4) is 0 Å². The van der Waals surface area contributed by atoms with Crippen molar-refractivity contribution in [2.45, 2.75) is 13.2 Å². The van der Waals surface area contributed by atoms with Gasteiger partial charge in [0, 0.05) is 14.5 Å². The molecule has 0 atom stereocenters. The van der Waals surface area contributed by atoms with E-state index >= 15 is 0 Å². The highest BCUT2D eigenvalue weighted by molar-refractivity contribution is 9.10. The highest BCUT2D eigenvalue weighted by atomic mass is 79.9. The number of ether oxygens (including phenoxy) is 1. The smallest absolute Gasteiger partial charge is 0.185 e. The molecular weight excluding hydrogens is 534 g/mol. The molecule has 3 aromatic carbocycles. The molecule has 0 aliphatic carbocycles. The molecule has 5 nitrogen and oxygen atoms in total. The average Bonchev–Trinajstić information content (AvgIpc) is 3.26. The number of halogens is 2. The fourth-order valence-corrected chi connectivity index (χ4v) is 3.67. The first-order chi connectivity index (χ1) is 15.6. The van der Waals surface area contributed by atoms with Gasteiger partial charge in [-0.05, 0) is 59.7 Å². The van der Waals surface area contributed by atoms with Crippen LogP contribution in [0.5, 0.6) is 5.75 Å². The predicted molar refractivity (Wildman–Crippen MR) is 132 cm³/mol. The number of carbonyl (C=O) groups excluding carboxylic acids is 1. The number of ketones is 1. The molecule has 0 aliphatic heterocycles. The summed E-state index contributed by atoms with van der Waals surface area (Å²) in [6.45, 7) is 0.960. The third-order valence-electron chi connectivity index (χ3n) is 4.70. The van der Waals surface area contributed by atoms with Crippen molar-refractivity contribution in [3.63, 3.8) is 0 Å². The summed E-state index contributed by atoms with van der Waals surface area (Å²) in [4.78, 5) is 12.2. The quantitative estimate of drug-likeness (QED) is 0.189. The molecule has 7 heteroatoms. The van der Waals surface area contributed by atoms with Crippen LogP contribution in [-0.2, 0) is 13.2 Å². The lowest BCUT2D eigenvalue weighted by Crippen LogP contribution is -2.01. The predicted octanol–water partition coefficient (Wildman–Crippen LogP) is 6.33. The van der Waals surface area contributed by atoms with Crippen molar-refractivity contribution in [3.05, 3.63) is 116 Å². The zero-order valence-corrected chi connectivity index (χ0v) is 20.2. The second-order valence-corrected chi connectivity index (χ2v) is 8.83. The normalized spacial score (nSPS) is 11.1. The molecule has 32 heavy (non-hydrogen) atoms. The summed E-state index contributed by atoms with van der Waals surface area (Å²) in [6.07, 6.45) is 5.24. The largest absolute Gasteiger partial charge is 0.487 e. The van der Waals surface area contributed by atoms with Crippen molar-refractivity contribution in [2.75, 3.05) is 0 Å². The van der Waals surface area contributed by atoms with Gasteiger partial charge in [-0.25, -0.2) is 4.68 Å². The minimum atomic E-state index is -0.0385. The van der Waals surface area contributed by atoms with Crippen LogP contribution in [0.2, 0.25) is 0 Å². The maximum absolute atomic E-state index is 12.2. The minimum Gasteiger partial charge on any atom is -0.487 e. The number of hydrogen-bond acceptors (Lipinski definition) is 4. The van der Waals surface area contributed by atoms with Crippen molar-refractivity contribution in [3.8, 4) is 5.75 Å². The first-order valence-electron chi connectivity index (χ1n) is 9.90. The molecule has 4 aromatic rings. The fourth-order valence-electron chi connectivity index (χ4n) is 3.00. The molecule has 1 heterocycles. The van der Waals surface area contributed by atoms with Crippen LogP contribution in [-0.4, -0.2) is 20.8 Å². The molecular formula is C25H19Br2N3O2. The van der Waals surface area contributed by atoms with E-state index in [1.165, 1.54) is 0 Å². The minimum absolute atomic E-state index is 0.0385. The molecule has 0 aliphatic rings. The van der Waals surface area contributed by atoms with Crippen LogP contribution in [0.1, 0.15) is 27.2 Å². The number of carbonyl (C=O) groups is 1. The van der Waals surface area contributed by atoms with Gasteiger partial charge in [0.1, 0.15) is 18.1 Å². The topological polar surface area (TPSA) is 57.0 Å². The van der Waals surface area contributed by atoms with Crippen molar-refractivity contribution in [1.29, 1.82) is 0 Å². The van der Waals surface area contributed by atoms with Gasteiger partial charge in [-0.2, -0.15) is 0 Å².